The van der Waals surface area contributed by atoms with E-state index in [1.165, 1.54) is 17.5 Å². The van der Waals surface area contributed by atoms with Crippen LogP contribution in [-0.2, 0) is 4.74 Å². The number of piperidine rings is 1. The Morgan fingerprint density at radius 3 is 2.77 bits per heavy atom. The van der Waals surface area contributed by atoms with E-state index in [2.05, 4.69) is 47.2 Å². The Morgan fingerprint density at radius 2 is 2.03 bits per heavy atom. The molecule has 1 atom stereocenters. The van der Waals surface area contributed by atoms with E-state index in [0.29, 0.717) is 11.5 Å². The van der Waals surface area contributed by atoms with Gasteiger partial charge in [-0.25, -0.2) is 4.98 Å². The van der Waals surface area contributed by atoms with Crippen LogP contribution in [0.2, 0.25) is 0 Å². The molecule has 2 saturated heterocycles. The first kappa shape index (κ1) is 21.3. The van der Waals surface area contributed by atoms with Crippen molar-refractivity contribution in [3.05, 3.63) is 53.2 Å². The number of amides is 1. The molecule has 5 nitrogen and oxygen atoms in total. The summed E-state index contributed by atoms with van der Waals surface area (Å²) in [7, 11) is 0. The highest BCUT2D eigenvalue weighted by atomic mass is 32.2. The Bertz CT molecular complexity index is 875. The molecule has 160 valence electrons. The molecule has 1 N–H and O–H groups in total. The van der Waals surface area contributed by atoms with Crippen molar-refractivity contribution in [2.75, 3.05) is 32.8 Å². The molecule has 2 aliphatic heterocycles. The van der Waals surface area contributed by atoms with Gasteiger partial charge in [0.15, 0.2) is 0 Å². The van der Waals surface area contributed by atoms with E-state index in [1.54, 1.807) is 18.0 Å². The molecule has 4 rings (SSSR count). The predicted octanol–water partition coefficient (Wildman–Crippen LogP) is 4.08. The molecule has 0 bridgehead atoms. The van der Waals surface area contributed by atoms with Crippen molar-refractivity contribution >= 4 is 17.7 Å². The second-order valence-corrected chi connectivity index (χ2v) is 9.54. The smallest absolute Gasteiger partial charge is 0.254 e. The standard InChI is InChI=1S/C24H31N3O2S/c1-17-5-6-21(14-18(17)2)30-24-22(4-3-10-25-24)23(28)26-20-7-11-27(12-8-20)15-19-9-13-29-16-19/h3-6,10,14,19-20H,7-9,11-13,15-16H2,1-2H3,(H,26,28). The molecule has 1 aromatic carbocycles. The first-order valence-electron chi connectivity index (χ1n) is 10.9. The van der Waals surface area contributed by atoms with Crippen molar-refractivity contribution in [2.24, 2.45) is 5.92 Å². The molecule has 1 aromatic heterocycles. The molecule has 30 heavy (non-hydrogen) atoms. The summed E-state index contributed by atoms with van der Waals surface area (Å²) >= 11 is 1.55. The summed E-state index contributed by atoms with van der Waals surface area (Å²) in [4.78, 5) is 21.1. The summed E-state index contributed by atoms with van der Waals surface area (Å²) in [6, 6.07) is 10.3. The highest BCUT2D eigenvalue weighted by Crippen LogP contribution is 2.30. The van der Waals surface area contributed by atoms with Crippen LogP contribution >= 0.6 is 11.8 Å². The van der Waals surface area contributed by atoms with Crippen LogP contribution in [0.1, 0.15) is 40.7 Å². The third kappa shape index (κ3) is 5.42. The quantitative estimate of drug-likeness (QED) is 0.756. The van der Waals surface area contributed by atoms with Gasteiger partial charge in [-0.05, 0) is 74.4 Å². The monoisotopic (exact) mass is 425 g/mol. The Hall–Kier alpha value is -1.89. The first-order valence-corrected chi connectivity index (χ1v) is 11.7. The third-order valence-corrected chi connectivity index (χ3v) is 7.18. The largest absolute Gasteiger partial charge is 0.381 e. The van der Waals surface area contributed by atoms with Gasteiger partial charge in [-0.3, -0.25) is 4.79 Å². The van der Waals surface area contributed by atoms with Gasteiger partial charge < -0.3 is 15.0 Å². The van der Waals surface area contributed by atoms with Crippen LogP contribution in [-0.4, -0.2) is 54.7 Å². The van der Waals surface area contributed by atoms with Crippen LogP contribution in [0.5, 0.6) is 0 Å². The number of aromatic nitrogens is 1. The van der Waals surface area contributed by atoms with Crippen LogP contribution in [0, 0.1) is 19.8 Å². The number of hydrogen-bond donors (Lipinski definition) is 1. The minimum absolute atomic E-state index is 0.0166. The minimum atomic E-state index is -0.0166. The lowest BCUT2D eigenvalue weighted by atomic mass is 10.0. The lowest BCUT2D eigenvalue weighted by molar-refractivity contribution is 0.0899. The van der Waals surface area contributed by atoms with E-state index in [9.17, 15) is 4.79 Å². The minimum Gasteiger partial charge on any atom is -0.381 e. The number of carbonyl (C=O) groups excluding carboxylic acids is 1. The Morgan fingerprint density at radius 1 is 1.20 bits per heavy atom. The number of aryl methyl sites for hydroxylation is 2. The number of benzene rings is 1. The highest BCUT2D eigenvalue weighted by Gasteiger charge is 2.25. The molecule has 1 amide bonds. The van der Waals surface area contributed by atoms with Gasteiger partial charge in [0.25, 0.3) is 5.91 Å². The van der Waals surface area contributed by atoms with Gasteiger partial charge in [0.2, 0.25) is 0 Å². The maximum Gasteiger partial charge on any atom is 0.254 e. The second-order valence-electron chi connectivity index (χ2n) is 8.48. The van der Waals surface area contributed by atoms with Gasteiger partial charge in [-0.1, -0.05) is 17.8 Å². The molecule has 0 spiro atoms. The molecule has 2 aliphatic rings. The summed E-state index contributed by atoms with van der Waals surface area (Å²) in [5.41, 5.74) is 3.18. The number of hydrogen-bond acceptors (Lipinski definition) is 5. The van der Waals surface area contributed by atoms with Crippen molar-refractivity contribution in [3.8, 4) is 0 Å². The van der Waals surface area contributed by atoms with Gasteiger partial charge in [0.05, 0.1) is 12.2 Å². The fraction of sp³-hybridized carbons (Fsp3) is 0.500. The van der Waals surface area contributed by atoms with Gasteiger partial charge in [-0.2, -0.15) is 0 Å². The number of carbonyl (C=O) groups is 1. The topological polar surface area (TPSA) is 54.5 Å². The molecule has 0 radical (unpaired) electrons. The van der Waals surface area contributed by atoms with Crippen molar-refractivity contribution in [1.29, 1.82) is 0 Å². The fourth-order valence-electron chi connectivity index (χ4n) is 4.15. The molecule has 0 aliphatic carbocycles. The summed E-state index contributed by atoms with van der Waals surface area (Å²) < 4.78 is 5.50. The molecular weight excluding hydrogens is 394 g/mol. The van der Waals surface area contributed by atoms with Crippen LogP contribution in [0.15, 0.2) is 46.5 Å². The highest BCUT2D eigenvalue weighted by molar-refractivity contribution is 7.99. The molecule has 0 saturated carbocycles. The van der Waals surface area contributed by atoms with Crippen LogP contribution < -0.4 is 5.32 Å². The van der Waals surface area contributed by atoms with E-state index in [-0.39, 0.29) is 11.9 Å². The fourth-order valence-corrected chi connectivity index (χ4v) is 5.13. The average Bonchev–Trinajstić information content (AvgIpc) is 3.26. The van der Waals surface area contributed by atoms with E-state index in [0.717, 1.165) is 55.6 Å². The molecule has 1 unspecified atom stereocenters. The van der Waals surface area contributed by atoms with Crippen molar-refractivity contribution in [3.63, 3.8) is 0 Å². The Kier molecular flexibility index (Phi) is 7.08. The molecule has 3 heterocycles. The zero-order valence-electron chi connectivity index (χ0n) is 17.9. The second kappa shape index (κ2) is 9.94. The normalized spacial score (nSPS) is 20.4. The lowest BCUT2D eigenvalue weighted by Gasteiger charge is -2.33. The number of nitrogens with one attached hydrogen (secondary N) is 1. The van der Waals surface area contributed by atoms with E-state index in [1.807, 2.05) is 12.1 Å². The van der Waals surface area contributed by atoms with Crippen LogP contribution in [0.4, 0.5) is 0 Å². The van der Waals surface area contributed by atoms with Crippen molar-refractivity contribution in [2.45, 2.75) is 49.1 Å². The number of rotatable bonds is 6. The maximum atomic E-state index is 13.0. The van der Waals surface area contributed by atoms with Crippen LogP contribution in [0.25, 0.3) is 0 Å². The zero-order chi connectivity index (χ0) is 20.9. The number of pyridine rings is 1. The van der Waals surface area contributed by atoms with Gasteiger partial charge in [0, 0.05) is 43.4 Å². The molecule has 6 heteroatoms. The summed E-state index contributed by atoms with van der Waals surface area (Å²) in [5.74, 6) is 0.661. The van der Waals surface area contributed by atoms with Crippen molar-refractivity contribution < 1.29 is 9.53 Å². The predicted molar refractivity (Wildman–Crippen MR) is 120 cm³/mol. The maximum absolute atomic E-state index is 13.0. The Balaban J connectivity index is 1.34. The van der Waals surface area contributed by atoms with E-state index >= 15 is 0 Å². The summed E-state index contributed by atoms with van der Waals surface area (Å²) in [5, 5.41) is 4.01. The molecular formula is C24H31N3O2S. The zero-order valence-corrected chi connectivity index (χ0v) is 18.7. The van der Waals surface area contributed by atoms with Gasteiger partial charge in [-0.15, -0.1) is 0 Å². The number of nitrogens with zero attached hydrogens (tertiary/aromatic N) is 2. The number of ether oxygens (including phenoxy) is 1. The molecule has 2 fully saturated rings. The lowest BCUT2D eigenvalue weighted by Crippen LogP contribution is -2.46. The summed E-state index contributed by atoms with van der Waals surface area (Å²) in [6.07, 6.45) is 4.93. The third-order valence-electron chi connectivity index (χ3n) is 6.17. The average molecular weight is 426 g/mol. The number of likely N-dealkylation sites (tertiary alicyclic amines) is 1. The van der Waals surface area contributed by atoms with E-state index < -0.39 is 0 Å². The Labute approximate surface area is 183 Å². The van der Waals surface area contributed by atoms with Crippen LogP contribution in [0.3, 0.4) is 0 Å². The first-order chi connectivity index (χ1) is 14.6. The summed E-state index contributed by atoms with van der Waals surface area (Å²) in [6.45, 7) is 9.23. The van der Waals surface area contributed by atoms with Gasteiger partial charge in [0.1, 0.15) is 5.03 Å². The van der Waals surface area contributed by atoms with Crippen molar-refractivity contribution in [1.82, 2.24) is 15.2 Å². The molecule has 2 aromatic rings. The van der Waals surface area contributed by atoms with E-state index in [4.69, 9.17) is 4.74 Å². The van der Waals surface area contributed by atoms with Gasteiger partial charge >= 0.3 is 0 Å². The SMILES string of the molecule is Cc1ccc(Sc2ncccc2C(=O)NC2CCN(CC3CCOC3)CC2)cc1C.